The highest BCUT2D eigenvalue weighted by Crippen LogP contribution is 2.23. The van der Waals surface area contributed by atoms with Crippen molar-refractivity contribution in [1.29, 1.82) is 0 Å². The van der Waals surface area contributed by atoms with Crippen LogP contribution in [0.5, 0.6) is 5.75 Å². The second-order valence-corrected chi connectivity index (χ2v) is 6.88. The maximum absolute atomic E-state index is 9.38. The number of aromatic hydroxyl groups is 1. The maximum Gasteiger partial charge on any atom is 0.214 e. The number of imidazole rings is 1. The van der Waals surface area contributed by atoms with Crippen molar-refractivity contribution in [3.05, 3.63) is 59.0 Å². The van der Waals surface area contributed by atoms with Gasteiger partial charge in [0.25, 0.3) is 0 Å². The topological polar surface area (TPSA) is 81.1 Å². The molecule has 0 aliphatic carbocycles. The van der Waals surface area contributed by atoms with E-state index in [-0.39, 0.29) is 5.75 Å². The Morgan fingerprint density at radius 1 is 1.08 bits per heavy atom. The molecular formula is C15H11BrN6OS. The van der Waals surface area contributed by atoms with Crippen LogP contribution in [0.4, 0.5) is 0 Å². The molecule has 4 aromatic rings. The molecule has 7 nitrogen and oxygen atoms in total. The zero-order chi connectivity index (χ0) is 16.5. The first-order valence-corrected chi connectivity index (χ1v) is 8.80. The molecule has 3 aromatic heterocycles. The van der Waals surface area contributed by atoms with Crippen LogP contribution < -0.4 is 0 Å². The molecule has 0 unspecified atom stereocenters. The number of tetrazole rings is 1. The van der Waals surface area contributed by atoms with Gasteiger partial charge >= 0.3 is 0 Å². The average Bonchev–Trinajstić information content (AvgIpc) is 3.19. The summed E-state index contributed by atoms with van der Waals surface area (Å²) >= 11 is 4.95. The number of hydrogen-bond acceptors (Lipinski definition) is 6. The van der Waals surface area contributed by atoms with Crippen LogP contribution >= 0.6 is 27.7 Å². The quantitative estimate of drug-likeness (QED) is 0.528. The number of rotatable bonds is 4. The van der Waals surface area contributed by atoms with Crippen molar-refractivity contribution < 1.29 is 5.11 Å². The lowest BCUT2D eigenvalue weighted by Gasteiger charge is -2.03. The fourth-order valence-electron chi connectivity index (χ4n) is 2.25. The minimum absolute atomic E-state index is 0.205. The van der Waals surface area contributed by atoms with Crippen LogP contribution in [0.1, 0.15) is 5.69 Å². The number of benzene rings is 1. The number of thioether (sulfide) groups is 1. The van der Waals surface area contributed by atoms with Crippen LogP contribution in [0.2, 0.25) is 0 Å². The Hall–Kier alpha value is -2.39. The molecular weight excluding hydrogens is 392 g/mol. The summed E-state index contributed by atoms with van der Waals surface area (Å²) in [5.74, 6) is 0.856. The van der Waals surface area contributed by atoms with Gasteiger partial charge in [-0.15, -0.1) is 5.10 Å². The fraction of sp³-hybridized carbons (Fsp3) is 0.0667. The minimum atomic E-state index is 0.205. The zero-order valence-electron chi connectivity index (χ0n) is 12.2. The van der Waals surface area contributed by atoms with Crippen LogP contribution in [0.25, 0.3) is 11.3 Å². The molecule has 3 heterocycles. The molecule has 0 aliphatic rings. The van der Waals surface area contributed by atoms with Gasteiger partial charge in [0.1, 0.15) is 11.4 Å². The van der Waals surface area contributed by atoms with Gasteiger partial charge in [0, 0.05) is 22.6 Å². The third-order valence-corrected chi connectivity index (χ3v) is 4.77. The van der Waals surface area contributed by atoms with Gasteiger partial charge in [-0.3, -0.25) is 0 Å². The molecule has 0 atom stereocenters. The maximum atomic E-state index is 9.38. The van der Waals surface area contributed by atoms with Gasteiger partial charge in [-0.2, -0.15) is 4.68 Å². The summed E-state index contributed by atoms with van der Waals surface area (Å²) in [6, 6.07) is 10.6. The van der Waals surface area contributed by atoms with Crippen LogP contribution in [-0.4, -0.2) is 34.7 Å². The van der Waals surface area contributed by atoms with E-state index < -0.39 is 0 Å². The van der Waals surface area contributed by atoms with Crippen molar-refractivity contribution >= 4 is 33.3 Å². The van der Waals surface area contributed by atoms with Gasteiger partial charge in [0.05, 0.1) is 11.4 Å². The lowest BCUT2D eigenvalue weighted by molar-refractivity contribution is 0.475. The number of phenols is 1. The van der Waals surface area contributed by atoms with E-state index >= 15 is 0 Å². The second-order valence-electron chi connectivity index (χ2n) is 5.02. The molecule has 0 saturated carbocycles. The van der Waals surface area contributed by atoms with Gasteiger partial charge in [-0.1, -0.05) is 11.8 Å². The molecule has 0 saturated heterocycles. The minimum Gasteiger partial charge on any atom is -0.508 e. The lowest BCUT2D eigenvalue weighted by Crippen LogP contribution is -1.98. The first kappa shape index (κ1) is 15.2. The smallest absolute Gasteiger partial charge is 0.214 e. The normalized spacial score (nSPS) is 11.2. The second kappa shape index (κ2) is 6.25. The standard InChI is InChI=1S/C15H11BrN6OS/c16-10-1-6-14-17-11(8-21(14)7-10)9-24-15-18-19-20-22(15)12-2-4-13(23)5-3-12/h1-8,23H,9H2. The molecule has 1 N–H and O–H groups in total. The summed E-state index contributed by atoms with van der Waals surface area (Å²) in [6.45, 7) is 0. The van der Waals surface area contributed by atoms with Crippen molar-refractivity contribution in [2.45, 2.75) is 10.9 Å². The van der Waals surface area contributed by atoms with Crippen molar-refractivity contribution in [2.75, 3.05) is 0 Å². The summed E-state index contributed by atoms with van der Waals surface area (Å²) in [7, 11) is 0. The van der Waals surface area contributed by atoms with Gasteiger partial charge in [-0.25, -0.2) is 4.98 Å². The van der Waals surface area contributed by atoms with Crippen LogP contribution in [0.15, 0.2) is 58.4 Å². The molecule has 4 rings (SSSR count). The molecule has 0 amide bonds. The average molecular weight is 403 g/mol. The largest absolute Gasteiger partial charge is 0.508 e. The Kier molecular flexibility index (Phi) is 3.95. The molecule has 0 fully saturated rings. The zero-order valence-corrected chi connectivity index (χ0v) is 14.6. The first-order chi connectivity index (χ1) is 11.7. The third-order valence-electron chi connectivity index (χ3n) is 3.35. The van der Waals surface area contributed by atoms with E-state index in [1.54, 1.807) is 28.9 Å². The summed E-state index contributed by atoms with van der Waals surface area (Å²) < 4.78 is 4.61. The molecule has 0 radical (unpaired) electrons. The van der Waals surface area contributed by atoms with Crippen molar-refractivity contribution in [3.63, 3.8) is 0 Å². The molecule has 120 valence electrons. The number of pyridine rings is 1. The summed E-state index contributed by atoms with van der Waals surface area (Å²) in [4.78, 5) is 4.58. The molecule has 24 heavy (non-hydrogen) atoms. The fourth-order valence-corrected chi connectivity index (χ4v) is 3.38. The number of halogens is 1. The number of aromatic nitrogens is 6. The highest BCUT2D eigenvalue weighted by atomic mass is 79.9. The predicted molar refractivity (Wildman–Crippen MR) is 93.3 cm³/mol. The Morgan fingerprint density at radius 3 is 2.75 bits per heavy atom. The number of nitrogens with zero attached hydrogens (tertiary/aromatic N) is 6. The number of fused-ring (bicyclic) bond motifs is 1. The predicted octanol–water partition coefficient (Wildman–Crippen LogP) is 3.07. The van der Waals surface area contributed by atoms with Gasteiger partial charge in [0.2, 0.25) is 5.16 Å². The summed E-state index contributed by atoms with van der Waals surface area (Å²) in [5.41, 5.74) is 2.63. The van der Waals surface area contributed by atoms with E-state index in [1.165, 1.54) is 11.8 Å². The Morgan fingerprint density at radius 2 is 1.92 bits per heavy atom. The molecule has 9 heteroatoms. The van der Waals surface area contributed by atoms with E-state index in [1.807, 2.05) is 28.9 Å². The Labute approximate surface area is 149 Å². The number of phenolic OH excluding ortho intramolecular Hbond substituents is 1. The van der Waals surface area contributed by atoms with Crippen molar-refractivity contribution in [3.8, 4) is 11.4 Å². The van der Waals surface area contributed by atoms with Crippen LogP contribution in [0, 0.1) is 0 Å². The van der Waals surface area contributed by atoms with E-state index in [4.69, 9.17) is 0 Å². The highest BCUT2D eigenvalue weighted by molar-refractivity contribution is 9.10. The highest BCUT2D eigenvalue weighted by Gasteiger charge is 2.11. The summed E-state index contributed by atoms with van der Waals surface area (Å²) in [6.07, 6.45) is 3.96. The first-order valence-electron chi connectivity index (χ1n) is 7.03. The van der Waals surface area contributed by atoms with E-state index in [2.05, 4.69) is 36.4 Å². The van der Waals surface area contributed by atoms with E-state index in [0.717, 1.165) is 21.5 Å². The van der Waals surface area contributed by atoms with Gasteiger partial charge < -0.3 is 9.51 Å². The molecule has 0 bridgehead atoms. The Bertz CT molecular complexity index is 997. The van der Waals surface area contributed by atoms with E-state index in [9.17, 15) is 5.11 Å². The SMILES string of the molecule is Oc1ccc(-n2nnnc2SCc2cn3cc(Br)ccc3n2)cc1. The molecule has 1 aromatic carbocycles. The van der Waals surface area contributed by atoms with Crippen LogP contribution in [-0.2, 0) is 5.75 Å². The molecule has 0 aliphatic heterocycles. The third kappa shape index (κ3) is 3.00. The monoisotopic (exact) mass is 402 g/mol. The summed E-state index contributed by atoms with van der Waals surface area (Å²) in [5, 5.41) is 21.8. The van der Waals surface area contributed by atoms with Crippen LogP contribution in [0.3, 0.4) is 0 Å². The van der Waals surface area contributed by atoms with E-state index in [0.29, 0.717) is 10.9 Å². The van der Waals surface area contributed by atoms with Gasteiger partial charge in [-0.05, 0) is 62.8 Å². The Balaban J connectivity index is 1.55. The van der Waals surface area contributed by atoms with Crippen molar-refractivity contribution in [1.82, 2.24) is 29.6 Å². The van der Waals surface area contributed by atoms with Gasteiger partial charge in [0.15, 0.2) is 0 Å². The lowest BCUT2D eigenvalue weighted by atomic mass is 10.3. The molecule has 0 spiro atoms. The van der Waals surface area contributed by atoms with Crippen molar-refractivity contribution in [2.24, 2.45) is 0 Å². The number of hydrogen-bond donors (Lipinski definition) is 1.